The van der Waals surface area contributed by atoms with Crippen LogP contribution in [0.4, 0.5) is 34.1 Å². The summed E-state index contributed by atoms with van der Waals surface area (Å²) in [6, 6.07) is 117. The van der Waals surface area contributed by atoms with E-state index < -0.39 is 0 Å². The number of hydrogen-bond acceptors (Lipinski definition) is 2. The fourth-order valence-corrected chi connectivity index (χ4v) is 19.4. The maximum absolute atomic E-state index is 2.64. The molecule has 5 heteroatoms. The first kappa shape index (κ1) is 66.8. The van der Waals surface area contributed by atoms with Gasteiger partial charge in [0.15, 0.2) is 0 Å². The molecule has 0 radical (unpaired) electrons. The Balaban J connectivity index is 0.863. The van der Waals surface area contributed by atoms with Crippen molar-refractivity contribution in [3.05, 3.63) is 331 Å². The third kappa shape index (κ3) is 10.8. The van der Waals surface area contributed by atoms with Gasteiger partial charge in [-0.2, -0.15) is 0 Å². The second kappa shape index (κ2) is 24.4. The van der Waals surface area contributed by atoms with Crippen LogP contribution in [0.2, 0.25) is 0 Å². The van der Waals surface area contributed by atoms with Crippen molar-refractivity contribution in [3.63, 3.8) is 0 Å². The standard InChI is InChI=1S/C104H91BN4/c1-100(2,3)76-28-22-27-70(57-76)75-41-52-95-90(62-75)105-89-49-46-79(108-93-50-39-71(66-23-14-12-15-24-66)58-83(93)84-59-72(40-51-94(84)108)67-25-16-13-17-26-67)63-96(89)107(78-44-35-69(36-45-78)74-38-48-86-88(61-74)104(10,11)56-54-102(86,6)7)98-65-80(109-91-31-20-18-29-81(91)82-30-19-21-32-92(82)109)64-97(99(98)105)106(95)77-42-33-68(34-43-77)73-37-47-85-87(60-73)103(8,9)55-53-101(85,4)5/h12-52,57-65H,53-56H2,1-11H3. The van der Waals surface area contributed by atoms with Crippen molar-refractivity contribution in [2.24, 2.45) is 0 Å². The smallest absolute Gasteiger partial charge is 0.252 e. The number of fused-ring (bicyclic) bond motifs is 12. The molecule has 0 unspecified atom stereocenters. The van der Waals surface area contributed by atoms with E-state index in [-0.39, 0.29) is 33.8 Å². The van der Waals surface area contributed by atoms with Crippen LogP contribution in [0, 0.1) is 0 Å². The second-order valence-corrected chi connectivity index (χ2v) is 35.4. The first-order valence-corrected chi connectivity index (χ1v) is 39.5. The van der Waals surface area contributed by atoms with Crippen LogP contribution in [-0.2, 0) is 27.1 Å². The normalized spacial score (nSPS) is 15.8. The minimum Gasteiger partial charge on any atom is -0.311 e. The van der Waals surface area contributed by atoms with E-state index in [1.165, 1.54) is 157 Å². The zero-order valence-electron chi connectivity index (χ0n) is 64.6. The van der Waals surface area contributed by atoms with Crippen LogP contribution in [-0.4, -0.2) is 15.8 Å². The van der Waals surface area contributed by atoms with Gasteiger partial charge >= 0.3 is 0 Å². The molecule has 14 aromatic carbocycles. The number of hydrogen-bond donors (Lipinski definition) is 0. The molecule has 0 saturated heterocycles. The molecule has 0 saturated carbocycles. The van der Waals surface area contributed by atoms with Gasteiger partial charge < -0.3 is 18.9 Å². The molecule has 2 aromatic heterocycles. The lowest BCUT2D eigenvalue weighted by Crippen LogP contribution is -2.61. The van der Waals surface area contributed by atoms with Crippen LogP contribution >= 0.6 is 0 Å². The first-order valence-electron chi connectivity index (χ1n) is 39.5. The Kier molecular flexibility index (Phi) is 15.0. The quantitative estimate of drug-likeness (QED) is 0.134. The van der Waals surface area contributed by atoms with Crippen LogP contribution < -0.4 is 26.2 Å². The van der Waals surface area contributed by atoms with Crippen molar-refractivity contribution in [1.29, 1.82) is 0 Å². The largest absolute Gasteiger partial charge is 0.311 e. The molecule has 4 aliphatic rings. The van der Waals surface area contributed by atoms with Crippen LogP contribution in [0.5, 0.6) is 0 Å². The fraction of sp³-hybridized carbons (Fsp3) is 0.192. The van der Waals surface area contributed by atoms with Crippen LogP contribution in [0.15, 0.2) is 303 Å². The van der Waals surface area contributed by atoms with Gasteiger partial charge in [0.25, 0.3) is 6.71 Å². The zero-order valence-corrected chi connectivity index (χ0v) is 64.6. The van der Waals surface area contributed by atoms with Crippen molar-refractivity contribution in [2.45, 2.75) is 129 Å². The Hall–Kier alpha value is -11.7. The van der Waals surface area contributed by atoms with E-state index in [2.05, 4.69) is 398 Å². The summed E-state index contributed by atoms with van der Waals surface area (Å²) >= 11 is 0. The summed E-state index contributed by atoms with van der Waals surface area (Å²) in [5.41, 5.74) is 37.1. The van der Waals surface area contributed by atoms with E-state index in [1.54, 1.807) is 0 Å². The lowest BCUT2D eigenvalue weighted by atomic mass is 9.33. The molecule has 4 nitrogen and oxygen atoms in total. The molecule has 2 aliphatic heterocycles. The van der Waals surface area contributed by atoms with Crippen molar-refractivity contribution < 1.29 is 0 Å². The molecular weight excluding hydrogens is 1320 g/mol. The average Bonchev–Trinajstić information content (AvgIpc) is 1.36. The summed E-state index contributed by atoms with van der Waals surface area (Å²) in [6.07, 6.45) is 4.69. The van der Waals surface area contributed by atoms with Gasteiger partial charge in [-0.05, 0) is 244 Å². The Bertz CT molecular complexity index is 6240. The highest BCUT2D eigenvalue weighted by atomic mass is 15.2. The monoisotopic (exact) mass is 1410 g/mol. The Morgan fingerprint density at radius 2 is 0.633 bits per heavy atom. The van der Waals surface area contributed by atoms with Gasteiger partial charge in [0.2, 0.25) is 0 Å². The number of benzene rings is 14. The first-order chi connectivity index (χ1) is 52.6. The SMILES string of the molecule is CC(C)(C)c1cccc(-c2ccc3c(c2)B2c4ccc(-n5c6ccc(-c7ccccc7)cc6c6cc(-c7ccccc7)ccc65)cc4N(c4ccc(-c5ccc6c(c5)C(C)(C)CCC6(C)C)cc4)c4cc(-n5c6ccccc6c6ccccc65)cc(c42)N3c2ccc(-c3ccc4c(c3)C(C)(C)CCC4(C)C)cc2)c1. The van der Waals surface area contributed by atoms with Gasteiger partial charge in [0.05, 0.1) is 27.8 Å². The molecule has 2 aliphatic carbocycles. The number of rotatable bonds is 9. The number of nitrogens with zero attached hydrogens (tertiary/aromatic N) is 4. The van der Waals surface area contributed by atoms with Crippen LogP contribution in [0.1, 0.15) is 130 Å². The number of anilines is 6. The summed E-state index contributed by atoms with van der Waals surface area (Å²) < 4.78 is 5.07. The van der Waals surface area contributed by atoms with Crippen LogP contribution in [0.3, 0.4) is 0 Å². The van der Waals surface area contributed by atoms with Crippen molar-refractivity contribution in [2.75, 3.05) is 9.80 Å². The number of aromatic nitrogens is 2. The predicted octanol–water partition coefficient (Wildman–Crippen LogP) is 26.3. The molecule has 16 aromatic rings. The number of para-hydroxylation sites is 2. The maximum atomic E-state index is 2.64. The molecule has 0 atom stereocenters. The molecular formula is C104H91BN4. The van der Waals surface area contributed by atoms with Gasteiger partial charge in [-0.25, -0.2) is 0 Å². The van der Waals surface area contributed by atoms with E-state index >= 15 is 0 Å². The summed E-state index contributed by atoms with van der Waals surface area (Å²) in [6.45, 7) is 26.3. The van der Waals surface area contributed by atoms with E-state index in [9.17, 15) is 0 Å². The highest BCUT2D eigenvalue weighted by molar-refractivity contribution is 7.00. The lowest BCUT2D eigenvalue weighted by Gasteiger charge is -2.44. The predicted molar refractivity (Wildman–Crippen MR) is 466 cm³/mol. The van der Waals surface area contributed by atoms with Gasteiger partial charge in [0, 0.05) is 61.4 Å². The van der Waals surface area contributed by atoms with E-state index in [0.717, 1.165) is 57.3 Å². The van der Waals surface area contributed by atoms with Gasteiger partial charge in [-0.15, -0.1) is 0 Å². The lowest BCUT2D eigenvalue weighted by molar-refractivity contribution is 0.332. The highest BCUT2D eigenvalue weighted by Crippen LogP contribution is 2.52. The molecule has 0 N–H and O–H groups in total. The third-order valence-corrected chi connectivity index (χ3v) is 25.8. The highest BCUT2D eigenvalue weighted by Gasteiger charge is 2.45. The summed E-state index contributed by atoms with van der Waals surface area (Å²) in [4.78, 5) is 5.26. The van der Waals surface area contributed by atoms with E-state index in [4.69, 9.17) is 0 Å². The minimum absolute atomic E-state index is 0.0396. The minimum atomic E-state index is -0.195. The van der Waals surface area contributed by atoms with Gasteiger partial charge in [-0.1, -0.05) is 288 Å². The maximum Gasteiger partial charge on any atom is 0.252 e. The van der Waals surface area contributed by atoms with E-state index in [0.29, 0.717) is 0 Å². The van der Waals surface area contributed by atoms with Crippen molar-refractivity contribution >= 4 is 101 Å². The van der Waals surface area contributed by atoms with Crippen LogP contribution in [0.25, 0.3) is 111 Å². The average molecular weight is 1410 g/mol. The van der Waals surface area contributed by atoms with Crippen molar-refractivity contribution in [3.8, 4) is 67.0 Å². The zero-order chi connectivity index (χ0) is 74.2. The molecule has 4 heterocycles. The van der Waals surface area contributed by atoms with E-state index in [1.807, 2.05) is 0 Å². The Morgan fingerprint density at radius 3 is 1.15 bits per heavy atom. The fourth-order valence-electron chi connectivity index (χ4n) is 19.4. The molecule has 0 amide bonds. The third-order valence-electron chi connectivity index (χ3n) is 25.8. The Labute approximate surface area is 642 Å². The molecule has 530 valence electrons. The van der Waals surface area contributed by atoms with Gasteiger partial charge in [0.1, 0.15) is 0 Å². The summed E-state index contributed by atoms with van der Waals surface area (Å²) in [5, 5.41) is 4.89. The molecule has 20 rings (SSSR count). The summed E-state index contributed by atoms with van der Waals surface area (Å²) in [7, 11) is 0. The molecule has 109 heavy (non-hydrogen) atoms. The second-order valence-electron chi connectivity index (χ2n) is 35.4. The molecule has 0 spiro atoms. The Morgan fingerprint density at radius 1 is 0.257 bits per heavy atom. The topological polar surface area (TPSA) is 16.3 Å². The molecule has 0 fully saturated rings. The van der Waals surface area contributed by atoms with Gasteiger partial charge in [-0.3, -0.25) is 0 Å². The molecule has 0 bridgehead atoms. The summed E-state index contributed by atoms with van der Waals surface area (Å²) in [5.74, 6) is 0. The van der Waals surface area contributed by atoms with Crippen molar-refractivity contribution in [1.82, 2.24) is 9.13 Å².